The van der Waals surface area contributed by atoms with Gasteiger partial charge < -0.3 is 0 Å². The molecule has 1 aliphatic heterocycles. The number of likely N-dealkylation sites (tertiary alicyclic amines) is 1. The molecule has 20 heavy (non-hydrogen) atoms. The molecule has 0 aromatic carbocycles. The van der Waals surface area contributed by atoms with Crippen LogP contribution < -0.4 is 11.3 Å². The van der Waals surface area contributed by atoms with Gasteiger partial charge in [-0.3, -0.25) is 21.2 Å². The highest BCUT2D eigenvalue weighted by molar-refractivity contribution is 5.22. The maximum atomic E-state index is 13.5. The van der Waals surface area contributed by atoms with E-state index in [0.29, 0.717) is 0 Å². The lowest BCUT2D eigenvalue weighted by molar-refractivity contribution is 0.0762. The topological polar surface area (TPSA) is 54.2 Å². The normalized spacial score (nSPS) is 24.1. The lowest BCUT2D eigenvalue weighted by Crippen LogP contribution is -2.55. The number of halogens is 1. The summed E-state index contributed by atoms with van der Waals surface area (Å²) in [6, 6.07) is 1.51. The van der Waals surface area contributed by atoms with Crippen LogP contribution in [0.15, 0.2) is 18.5 Å². The zero-order valence-electron chi connectivity index (χ0n) is 11.8. The smallest absolute Gasteiger partial charge is 0.141 e. The van der Waals surface area contributed by atoms with E-state index >= 15 is 0 Å². The molecular formula is C15H23FN4. The number of pyridine rings is 1. The third kappa shape index (κ3) is 2.34. The summed E-state index contributed by atoms with van der Waals surface area (Å²) >= 11 is 0. The maximum Gasteiger partial charge on any atom is 0.141 e. The lowest BCUT2D eigenvalue weighted by Gasteiger charge is -2.45. The van der Waals surface area contributed by atoms with Gasteiger partial charge in [-0.25, -0.2) is 4.39 Å². The molecule has 1 unspecified atom stereocenters. The van der Waals surface area contributed by atoms with Crippen LogP contribution in [0, 0.1) is 5.82 Å². The highest BCUT2D eigenvalue weighted by Crippen LogP contribution is 2.45. The van der Waals surface area contributed by atoms with E-state index in [9.17, 15) is 4.39 Å². The first-order valence-corrected chi connectivity index (χ1v) is 7.58. The molecule has 0 radical (unpaired) electrons. The Hall–Kier alpha value is -1.04. The summed E-state index contributed by atoms with van der Waals surface area (Å²) in [7, 11) is 0. The molecule has 0 amide bonds. The fourth-order valence-corrected chi connectivity index (χ4v) is 4.08. The summed E-state index contributed by atoms with van der Waals surface area (Å²) in [5, 5.41) is 0. The lowest BCUT2D eigenvalue weighted by atomic mass is 9.83. The van der Waals surface area contributed by atoms with Crippen molar-refractivity contribution in [2.45, 2.75) is 50.1 Å². The standard InChI is InChI=1S/C15H23FN4/c16-13-9-12(10-18-11-13)14(19-17)15(5-1-2-6-15)20-7-3-4-8-20/h9-11,14,19H,1-8,17H2. The number of rotatable bonds is 4. The van der Waals surface area contributed by atoms with Gasteiger partial charge in [-0.2, -0.15) is 0 Å². The number of hydrogen-bond donors (Lipinski definition) is 2. The van der Waals surface area contributed by atoms with Gasteiger partial charge >= 0.3 is 0 Å². The Morgan fingerprint density at radius 3 is 2.50 bits per heavy atom. The first kappa shape index (κ1) is 13.9. The van der Waals surface area contributed by atoms with Crippen LogP contribution in [0.3, 0.4) is 0 Å². The van der Waals surface area contributed by atoms with E-state index in [1.807, 2.05) is 0 Å². The first-order valence-electron chi connectivity index (χ1n) is 7.58. The van der Waals surface area contributed by atoms with Gasteiger partial charge in [0.25, 0.3) is 0 Å². The molecule has 1 aromatic heterocycles. The molecule has 2 heterocycles. The van der Waals surface area contributed by atoms with E-state index in [4.69, 9.17) is 5.84 Å². The Bertz CT molecular complexity index is 453. The number of hydrazine groups is 1. The van der Waals surface area contributed by atoms with Gasteiger partial charge in [0.2, 0.25) is 0 Å². The van der Waals surface area contributed by atoms with Crippen molar-refractivity contribution in [3.8, 4) is 0 Å². The molecular weight excluding hydrogens is 255 g/mol. The second-order valence-electron chi connectivity index (χ2n) is 6.04. The van der Waals surface area contributed by atoms with Gasteiger partial charge in [-0.05, 0) is 50.4 Å². The Labute approximate surface area is 119 Å². The van der Waals surface area contributed by atoms with E-state index in [1.165, 1.54) is 31.9 Å². The molecule has 0 spiro atoms. The van der Waals surface area contributed by atoms with Gasteiger partial charge in [-0.15, -0.1) is 0 Å². The second kappa shape index (κ2) is 5.76. The SMILES string of the molecule is NNC(c1cncc(F)c1)C1(N2CCCC2)CCCC1. The minimum Gasteiger partial charge on any atom is -0.296 e. The van der Waals surface area contributed by atoms with Gasteiger partial charge in [-0.1, -0.05) is 12.8 Å². The van der Waals surface area contributed by atoms with Crippen LogP contribution in [0.2, 0.25) is 0 Å². The third-order valence-corrected chi connectivity index (χ3v) is 4.97. The van der Waals surface area contributed by atoms with Crippen molar-refractivity contribution < 1.29 is 4.39 Å². The van der Waals surface area contributed by atoms with Gasteiger partial charge in [0.1, 0.15) is 5.82 Å². The van der Waals surface area contributed by atoms with E-state index in [1.54, 1.807) is 12.3 Å². The molecule has 1 atom stereocenters. The van der Waals surface area contributed by atoms with Crippen LogP contribution in [0.1, 0.15) is 50.1 Å². The summed E-state index contributed by atoms with van der Waals surface area (Å²) in [6.45, 7) is 2.25. The molecule has 3 rings (SSSR count). The highest BCUT2D eigenvalue weighted by Gasteiger charge is 2.47. The third-order valence-electron chi connectivity index (χ3n) is 4.97. The molecule has 3 N–H and O–H groups in total. The van der Waals surface area contributed by atoms with Crippen molar-refractivity contribution in [1.29, 1.82) is 0 Å². The fourth-order valence-electron chi connectivity index (χ4n) is 4.08. The minimum absolute atomic E-state index is 0.0285. The summed E-state index contributed by atoms with van der Waals surface area (Å²) in [5.74, 6) is 5.57. The highest BCUT2D eigenvalue weighted by atomic mass is 19.1. The zero-order valence-corrected chi connectivity index (χ0v) is 11.8. The van der Waals surface area contributed by atoms with Crippen molar-refractivity contribution in [2.75, 3.05) is 13.1 Å². The van der Waals surface area contributed by atoms with E-state index in [2.05, 4.69) is 15.3 Å². The molecule has 110 valence electrons. The predicted molar refractivity (Wildman–Crippen MR) is 76.3 cm³/mol. The summed E-state index contributed by atoms with van der Waals surface area (Å²) in [6.07, 6.45) is 10.2. The van der Waals surface area contributed by atoms with E-state index in [0.717, 1.165) is 31.5 Å². The van der Waals surface area contributed by atoms with Crippen LogP contribution in [-0.2, 0) is 0 Å². The Morgan fingerprint density at radius 1 is 1.20 bits per heavy atom. The molecule has 2 aliphatic rings. The first-order chi connectivity index (χ1) is 9.76. The predicted octanol–water partition coefficient (Wildman–Crippen LogP) is 2.13. The Morgan fingerprint density at radius 2 is 1.90 bits per heavy atom. The molecule has 1 saturated carbocycles. The molecule has 1 saturated heterocycles. The number of hydrogen-bond acceptors (Lipinski definition) is 4. The Balaban J connectivity index is 1.95. The number of aromatic nitrogens is 1. The molecule has 0 bridgehead atoms. The average molecular weight is 278 g/mol. The second-order valence-corrected chi connectivity index (χ2v) is 6.04. The number of nitrogens with two attached hydrogens (primary N) is 1. The molecule has 4 nitrogen and oxygen atoms in total. The quantitative estimate of drug-likeness (QED) is 0.654. The van der Waals surface area contributed by atoms with Crippen molar-refractivity contribution in [2.24, 2.45) is 5.84 Å². The van der Waals surface area contributed by atoms with Crippen LogP contribution in [0.5, 0.6) is 0 Å². The number of nitrogens with one attached hydrogen (secondary N) is 1. The van der Waals surface area contributed by atoms with Crippen molar-refractivity contribution >= 4 is 0 Å². The molecule has 5 heteroatoms. The number of nitrogens with zero attached hydrogens (tertiary/aromatic N) is 2. The van der Waals surface area contributed by atoms with Crippen molar-refractivity contribution in [1.82, 2.24) is 15.3 Å². The van der Waals surface area contributed by atoms with Crippen LogP contribution in [-0.4, -0.2) is 28.5 Å². The molecule has 2 fully saturated rings. The van der Waals surface area contributed by atoms with E-state index < -0.39 is 0 Å². The van der Waals surface area contributed by atoms with Gasteiger partial charge in [0, 0.05) is 11.7 Å². The fraction of sp³-hybridized carbons (Fsp3) is 0.667. The van der Waals surface area contributed by atoms with Crippen molar-refractivity contribution in [3.63, 3.8) is 0 Å². The van der Waals surface area contributed by atoms with Crippen LogP contribution >= 0.6 is 0 Å². The maximum absolute atomic E-state index is 13.5. The molecule has 1 aliphatic carbocycles. The van der Waals surface area contributed by atoms with Crippen molar-refractivity contribution in [3.05, 3.63) is 29.8 Å². The Kier molecular flexibility index (Phi) is 4.01. The average Bonchev–Trinajstić information content (AvgIpc) is 3.11. The summed E-state index contributed by atoms with van der Waals surface area (Å²) in [5.41, 5.74) is 3.85. The van der Waals surface area contributed by atoms with Gasteiger partial charge in [0.15, 0.2) is 0 Å². The van der Waals surface area contributed by atoms with Gasteiger partial charge in [0.05, 0.1) is 12.2 Å². The van der Waals surface area contributed by atoms with Crippen LogP contribution in [0.4, 0.5) is 4.39 Å². The summed E-state index contributed by atoms with van der Waals surface area (Å²) in [4.78, 5) is 6.56. The zero-order chi connectivity index (χ0) is 14.0. The minimum atomic E-state index is -0.294. The monoisotopic (exact) mass is 278 g/mol. The largest absolute Gasteiger partial charge is 0.296 e. The molecule has 1 aromatic rings. The van der Waals surface area contributed by atoms with Crippen LogP contribution in [0.25, 0.3) is 0 Å². The van der Waals surface area contributed by atoms with E-state index in [-0.39, 0.29) is 17.4 Å². The summed E-state index contributed by atoms with van der Waals surface area (Å²) < 4.78 is 13.5.